The van der Waals surface area contributed by atoms with Crippen molar-refractivity contribution in [3.8, 4) is 10.6 Å². The SMILES string of the molecule is O=C(O)N1Cc2c(ccnc2-c2cc3ccncc3s2)C1=O. The number of hydrogen-bond acceptors (Lipinski definition) is 5. The number of rotatable bonds is 1. The van der Waals surface area contributed by atoms with Crippen LogP contribution in [0.5, 0.6) is 0 Å². The van der Waals surface area contributed by atoms with Crippen molar-refractivity contribution in [3.05, 3.63) is 47.9 Å². The Morgan fingerprint density at radius 3 is 2.95 bits per heavy atom. The minimum absolute atomic E-state index is 0.0408. The summed E-state index contributed by atoms with van der Waals surface area (Å²) in [4.78, 5) is 33.4. The van der Waals surface area contributed by atoms with E-state index in [2.05, 4.69) is 9.97 Å². The number of nitrogens with zero attached hydrogens (tertiary/aromatic N) is 3. The van der Waals surface area contributed by atoms with Crippen LogP contribution in [0.15, 0.2) is 36.8 Å². The number of imide groups is 1. The second-order valence-electron chi connectivity index (χ2n) is 4.88. The number of carboxylic acid groups (broad SMARTS) is 1. The van der Waals surface area contributed by atoms with Gasteiger partial charge >= 0.3 is 6.09 Å². The fourth-order valence-electron chi connectivity index (χ4n) is 2.60. The van der Waals surface area contributed by atoms with E-state index in [0.29, 0.717) is 16.8 Å². The second kappa shape index (κ2) is 4.60. The Labute approximate surface area is 128 Å². The van der Waals surface area contributed by atoms with Crippen LogP contribution in [0.25, 0.3) is 20.7 Å². The summed E-state index contributed by atoms with van der Waals surface area (Å²) in [6, 6.07) is 5.46. The molecular formula is C15H9N3O3S. The van der Waals surface area contributed by atoms with Crippen LogP contribution in [0.3, 0.4) is 0 Å². The minimum Gasteiger partial charge on any atom is -0.465 e. The highest BCUT2D eigenvalue weighted by Crippen LogP contribution is 2.37. The largest absolute Gasteiger partial charge is 0.465 e. The number of pyridine rings is 2. The van der Waals surface area contributed by atoms with E-state index < -0.39 is 12.0 Å². The Hall–Kier alpha value is -2.80. The number of amides is 2. The van der Waals surface area contributed by atoms with Crippen LogP contribution in [0.2, 0.25) is 0 Å². The quantitative estimate of drug-likeness (QED) is 0.747. The van der Waals surface area contributed by atoms with Crippen molar-refractivity contribution in [1.82, 2.24) is 14.9 Å². The fraction of sp³-hybridized carbons (Fsp3) is 0.0667. The van der Waals surface area contributed by atoms with E-state index in [9.17, 15) is 9.59 Å². The molecule has 2 amide bonds. The van der Waals surface area contributed by atoms with E-state index in [-0.39, 0.29) is 6.54 Å². The fourth-order valence-corrected chi connectivity index (χ4v) is 3.65. The molecule has 4 rings (SSSR count). The van der Waals surface area contributed by atoms with Crippen molar-refractivity contribution >= 4 is 33.4 Å². The zero-order valence-corrected chi connectivity index (χ0v) is 12.0. The zero-order valence-electron chi connectivity index (χ0n) is 11.2. The van der Waals surface area contributed by atoms with Crippen LogP contribution in [0.1, 0.15) is 15.9 Å². The van der Waals surface area contributed by atoms with Gasteiger partial charge in [-0.15, -0.1) is 11.3 Å². The van der Waals surface area contributed by atoms with Gasteiger partial charge in [-0.25, -0.2) is 9.69 Å². The van der Waals surface area contributed by atoms with E-state index in [1.807, 2.05) is 12.1 Å². The van der Waals surface area contributed by atoms with E-state index in [4.69, 9.17) is 5.11 Å². The Morgan fingerprint density at radius 1 is 1.32 bits per heavy atom. The molecule has 0 radical (unpaired) electrons. The van der Waals surface area contributed by atoms with E-state index in [1.54, 1.807) is 24.7 Å². The summed E-state index contributed by atoms with van der Waals surface area (Å²) in [6.45, 7) is 0.0408. The molecule has 0 saturated carbocycles. The molecular weight excluding hydrogens is 302 g/mol. The van der Waals surface area contributed by atoms with Gasteiger partial charge in [-0.1, -0.05) is 0 Å². The first-order valence-corrected chi connectivity index (χ1v) is 7.33. The van der Waals surface area contributed by atoms with Gasteiger partial charge in [0.15, 0.2) is 0 Å². The first kappa shape index (κ1) is 12.9. The van der Waals surface area contributed by atoms with Gasteiger partial charge in [-0.3, -0.25) is 14.8 Å². The van der Waals surface area contributed by atoms with Crippen molar-refractivity contribution < 1.29 is 14.7 Å². The van der Waals surface area contributed by atoms with Gasteiger partial charge in [0.2, 0.25) is 0 Å². The summed E-state index contributed by atoms with van der Waals surface area (Å²) in [5.74, 6) is -0.492. The highest BCUT2D eigenvalue weighted by atomic mass is 32.1. The molecule has 0 fully saturated rings. The van der Waals surface area contributed by atoms with E-state index in [0.717, 1.165) is 19.9 Å². The van der Waals surface area contributed by atoms with Gasteiger partial charge in [-0.2, -0.15) is 0 Å². The van der Waals surface area contributed by atoms with E-state index in [1.165, 1.54) is 11.3 Å². The zero-order chi connectivity index (χ0) is 15.3. The number of aromatic nitrogens is 2. The van der Waals surface area contributed by atoms with Gasteiger partial charge in [0.1, 0.15) is 0 Å². The van der Waals surface area contributed by atoms with Crippen LogP contribution in [0.4, 0.5) is 4.79 Å². The Kier molecular flexibility index (Phi) is 2.70. The summed E-state index contributed by atoms with van der Waals surface area (Å²) in [5, 5.41) is 10.2. The normalized spacial score (nSPS) is 13.6. The maximum absolute atomic E-state index is 12.1. The molecule has 0 aromatic carbocycles. The van der Waals surface area contributed by atoms with Crippen molar-refractivity contribution in [2.24, 2.45) is 0 Å². The lowest BCUT2D eigenvalue weighted by Crippen LogP contribution is -2.29. The predicted octanol–water partition coefficient (Wildman–Crippen LogP) is 2.99. The van der Waals surface area contributed by atoms with Crippen molar-refractivity contribution in [2.75, 3.05) is 0 Å². The topological polar surface area (TPSA) is 83.4 Å². The number of fused-ring (bicyclic) bond motifs is 2. The summed E-state index contributed by atoms with van der Waals surface area (Å²) in [6.07, 6.45) is 3.80. The van der Waals surface area contributed by atoms with Crippen LogP contribution in [-0.4, -0.2) is 32.0 Å². The Morgan fingerprint density at radius 2 is 2.18 bits per heavy atom. The molecule has 0 spiro atoms. The molecule has 4 heterocycles. The summed E-state index contributed by atoms with van der Waals surface area (Å²) < 4.78 is 1.02. The Balaban J connectivity index is 1.88. The molecule has 0 aliphatic carbocycles. The molecule has 0 saturated heterocycles. The maximum Gasteiger partial charge on any atom is 0.414 e. The number of carbonyl (C=O) groups excluding carboxylic acids is 1. The molecule has 6 nitrogen and oxygen atoms in total. The third-order valence-electron chi connectivity index (χ3n) is 3.63. The predicted molar refractivity (Wildman–Crippen MR) is 80.7 cm³/mol. The molecule has 22 heavy (non-hydrogen) atoms. The average molecular weight is 311 g/mol. The summed E-state index contributed by atoms with van der Waals surface area (Å²) in [7, 11) is 0. The lowest BCUT2D eigenvalue weighted by molar-refractivity contribution is 0.0764. The number of carbonyl (C=O) groups is 2. The molecule has 1 N–H and O–H groups in total. The molecule has 1 aliphatic heterocycles. The second-order valence-corrected chi connectivity index (χ2v) is 5.97. The molecule has 0 bridgehead atoms. The first-order chi connectivity index (χ1) is 10.6. The lowest BCUT2D eigenvalue weighted by atomic mass is 10.1. The number of thiophene rings is 1. The van der Waals surface area contributed by atoms with Crippen LogP contribution in [-0.2, 0) is 6.54 Å². The minimum atomic E-state index is -1.24. The maximum atomic E-state index is 12.1. The van der Waals surface area contributed by atoms with Gasteiger partial charge in [0.05, 0.1) is 21.8 Å². The smallest absolute Gasteiger partial charge is 0.414 e. The number of hydrogen-bond donors (Lipinski definition) is 1. The highest BCUT2D eigenvalue weighted by Gasteiger charge is 2.34. The lowest BCUT2D eigenvalue weighted by Gasteiger charge is -2.07. The molecule has 0 atom stereocenters. The van der Waals surface area contributed by atoms with Gasteiger partial charge in [0, 0.05) is 29.7 Å². The summed E-state index contributed by atoms with van der Waals surface area (Å²) in [5.41, 5.74) is 1.73. The third-order valence-corrected chi connectivity index (χ3v) is 4.73. The summed E-state index contributed by atoms with van der Waals surface area (Å²) >= 11 is 1.52. The van der Waals surface area contributed by atoms with Crippen molar-refractivity contribution in [2.45, 2.75) is 6.54 Å². The van der Waals surface area contributed by atoms with E-state index >= 15 is 0 Å². The molecule has 3 aromatic heterocycles. The first-order valence-electron chi connectivity index (χ1n) is 6.52. The third kappa shape index (κ3) is 1.79. The van der Waals surface area contributed by atoms with Crippen LogP contribution >= 0.6 is 11.3 Å². The molecule has 0 unspecified atom stereocenters. The van der Waals surface area contributed by atoms with Gasteiger partial charge in [0.25, 0.3) is 5.91 Å². The van der Waals surface area contributed by atoms with Crippen LogP contribution in [0, 0.1) is 0 Å². The van der Waals surface area contributed by atoms with Crippen molar-refractivity contribution in [1.29, 1.82) is 0 Å². The Bertz CT molecular complexity index is 902. The van der Waals surface area contributed by atoms with Gasteiger partial charge in [-0.05, 0) is 23.6 Å². The molecule has 7 heteroatoms. The van der Waals surface area contributed by atoms with Crippen LogP contribution < -0.4 is 0 Å². The molecule has 1 aliphatic rings. The molecule has 108 valence electrons. The standard InChI is InChI=1S/C15H9N3O3S/c19-14-9-2-4-17-13(10(9)7-18(14)15(20)21)11-5-8-1-3-16-6-12(8)22-11/h1-6H,7H2,(H,20,21). The molecule has 3 aromatic rings. The van der Waals surface area contributed by atoms with Crippen molar-refractivity contribution in [3.63, 3.8) is 0 Å². The average Bonchev–Trinajstić information content (AvgIpc) is 3.08. The highest BCUT2D eigenvalue weighted by molar-refractivity contribution is 7.22. The monoisotopic (exact) mass is 311 g/mol. The van der Waals surface area contributed by atoms with Gasteiger partial charge < -0.3 is 5.11 Å².